The second kappa shape index (κ2) is 7.52. The third-order valence-electron chi connectivity index (χ3n) is 5.07. The molecule has 0 bridgehead atoms. The van der Waals surface area contributed by atoms with Crippen LogP contribution in [-0.2, 0) is 14.6 Å². The van der Waals surface area contributed by atoms with Crippen molar-refractivity contribution >= 4 is 9.84 Å². The third kappa shape index (κ3) is 4.57. The van der Waals surface area contributed by atoms with E-state index in [1.807, 2.05) is 12.1 Å². The minimum atomic E-state index is -3.13. The van der Waals surface area contributed by atoms with Crippen LogP contribution < -0.4 is 5.32 Å². The lowest BCUT2D eigenvalue weighted by molar-refractivity contribution is 0.101. The Morgan fingerprint density at radius 3 is 2.62 bits per heavy atom. The van der Waals surface area contributed by atoms with E-state index in [0.29, 0.717) is 23.0 Å². The first kappa shape index (κ1) is 17.9. The molecule has 6 heteroatoms. The lowest BCUT2D eigenvalue weighted by Gasteiger charge is -2.37. The molecule has 3 atom stereocenters. The summed E-state index contributed by atoms with van der Waals surface area (Å²) in [4.78, 5) is 2.75. The maximum absolute atomic E-state index is 11.6. The van der Waals surface area contributed by atoms with Crippen molar-refractivity contribution in [1.82, 2.24) is 10.2 Å². The van der Waals surface area contributed by atoms with Crippen LogP contribution in [0.2, 0.25) is 0 Å². The number of hydrogen-bond donors (Lipinski definition) is 1. The topological polar surface area (TPSA) is 58.6 Å². The van der Waals surface area contributed by atoms with E-state index in [4.69, 9.17) is 4.74 Å². The third-order valence-corrected chi connectivity index (χ3v) is 6.20. The maximum atomic E-state index is 11.6. The molecule has 0 spiro atoms. The number of sulfone groups is 1. The summed E-state index contributed by atoms with van der Waals surface area (Å²) in [6, 6.07) is 7.85. The van der Waals surface area contributed by atoms with Crippen molar-refractivity contribution in [2.24, 2.45) is 0 Å². The zero-order valence-corrected chi connectivity index (χ0v) is 15.4. The highest BCUT2D eigenvalue weighted by molar-refractivity contribution is 7.90. The van der Waals surface area contributed by atoms with Crippen molar-refractivity contribution in [3.8, 4) is 0 Å². The molecule has 2 heterocycles. The van der Waals surface area contributed by atoms with E-state index in [2.05, 4.69) is 17.3 Å². The Bertz CT molecular complexity index is 639. The number of likely N-dealkylation sites (tertiary alicyclic amines) is 1. The molecule has 3 rings (SSSR count). The van der Waals surface area contributed by atoms with Crippen molar-refractivity contribution < 1.29 is 13.2 Å². The Morgan fingerprint density at radius 2 is 2.00 bits per heavy atom. The number of piperidine rings is 1. The molecule has 0 saturated carbocycles. The molecular formula is C18H28N2O3S. The van der Waals surface area contributed by atoms with E-state index in [-0.39, 0.29) is 0 Å². The maximum Gasteiger partial charge on any atom is 0.175 e. The molecule has 0 amide bonds. The molecule has 134 valence electrons. The molecule has 3 unspecified atom stereocenters. The molecule has 0 aliphatic carbocycles. The van der Waals surface area contributed by atoms with Crippen molar-refractivity contribution in [2.45, 2.75) is 42.2 Å². The molecule has 2 aliphatic heterocycles. The largest absolute Gasteiger partial charge is 0.377 e. The van der Waals surface area contributed by atoms with Crippen LogP contribution in [0.25, 0.3) is 0 Å². The fourth-order valence-corrected chi connectivity index (χ4v) is 4.43. The lowest BCUT2D eigenvalue weighted by Crippen LogP contribution is -2.48. The highest BCUT2D eigenvalue weighted by Crippen LogP contribution is 2.27. The lowest BCUT2D eigenvalue weighted by atomic mass is 9.88. The summed E-state index contributed by atoms with van der Waals surface area (Å²) in [6.45, 7) is 3.88. The van der Waals surface area contributed by atoms with Gasteiger partial charge in [-0.25, -0.2) is 8.42 Å². The fraction of sp³-hybridized carbons (Fsp3) is 0.667. The molecule has 2 fully saturated rings. The summed E-state index contributed by atoms with van der Waals surface area (Å²) < 4.78 is 28.9. The van der Waals surface area contributed by atoms with Crippen LogP contribution in [0.3, 0.4) is 0 Å². The van der Waals surface area contributed by atoms with Crippen LogP contribution in [0.15, 0.2) is 29.2 Å². The molecule has 5 nitrogen and oxygen atoms in total. The first-order valence-electron chi connectivity index (χ1n) is 8.75. The molecule has 24 heavy (non-hydrogen) atoms. The van der Waals surface area contributed by atoms with Gasteiger partial charge in [-0.1, -0.05) is 12.1 Å². The van der Waals surface area contributed by atoms with Gasteiger partial charge in [0.2, 0.25) is 0 Å². The smallest absolute Gasteiger partial charge is 0.175 e. The van der Waals surface area contributed by atoms with Crippen LogP contribution in [0.1, 0.15) is 30.7 Å². The second-order valence-corrected chi connectivity index (χ2v) is 9.25. The zero-order chi connectivity index (χ0) is 17.2. The van der Waals surface area contributed by atoms with E-state index in [1.54, 1.807) is 12.1 Å². The number of hydrogen-bond acceptors (Lipinski definition) is 5. The van der Waals surface area contributed by atoms with Crippen molar-refractivity contribution in [3.63, 3.8) is 0 Å². The summed E-state index contributed by atoms with van der Waals surface area (Å²) in [7, 11) is -0.976. The second-order valence-electron chi connectivity index (χ2n) is 7.24. The predicted octanol–water partition coefficient (Wildman–Crippen LogP) is 1.65. The highest BCUT2D eigenvalue weighted by atomic mass is 32.2. The van der Waals surface area contributed by atoms with Gasteiger partial charge in [-0.15, -0.1) is 0 Å². The zero-order valence-electron chi connectivity index (χ0n) is 14.6. The van der Waals surface area contributed by atoms with Gasteiger partial charge in [-0.2, -0.15) is 0 Å². The monoisotopic (exact) mass is 352 g/mol. The number of nitrogens with one attached hydrogen (secondary N) is 1. The molecule has 0 aromatic heterocycles. The van der Waals surface area contributed by atoms with E-state index >= 15 is 0 Å². The number of likely N-dealkylation sites (N-methyl/N-ethyl adjacent to an activating group) is 1. The van der Waals surface area contributed by atoms with Gasteiger partial charge in [0.05, 0.1) is 11.0 Å². The number of benzene rings is 1. The summed E-state index contributed by atoms with van der Waals surface area (Å²) in [5, 5.41) is 3.67. The van der Waals surface area contributed by atoms with Crippen LogP contribution in [0.5, 0.6) is 0 Å². The van der Waals surface area contributed by atoms with E-state index < -0.39 is 9.84 Å². The number of nitrogens with zero attached hydrogens (tertiary/aromatic N) is 1. The Labute approximate surface area is 145 Å². The molecule has 1 aromatic carbocycles. The van der Waals surface area contributed by atoms with Crippen LogP contribution in [0.4, 0.5) is 0 Å². The van der Waals surface area contributed by atoms with Crippen LogP contribution >= 0.6 is 0 Å². The fourth-order valence-electron chi connectivity index (χ4n) is 3.80. The summed E-state index contributed by atoms with van der Waals surface area (Å²) in [5.41, 5.74) is 1.22. The Kier molecular flexibility index (Phi) is 5.59. The van der Waals surface area contributed by atoms with Gasteiger partial charge in [0.15, 0.2) is 9.84 Å². The average molecular weight is 353 g/mol. The van der Waals surface area contributed by atoms with Crippen LogP contribution in [-0.4, -0.2) is 65.0 Å². The average Bonchev–Trinajstić information content (AvgIpc) is 3.05. The van der Waals surface area contributed by atoms with Gasteiger partial charge >= 0.3 is 0 Å². The van der Waals surface area contributed by atoms with Crippen molar-refractivity contribution in [2.75, 3.05) is 39.5 Å². The summed E-state index contributed by atoms with van der Waals surface area (Å²) in [6.07, 6.45) is 5.03. The van der Waals surface area contributed by atoms with Gasteiger partial charge in [0.25, 0.3) is 0 Å². The van der Waals surface area contributed by atoms with E-state index in [1.165, 1.54) is 18.2 Å². The highest BCUT2D eigenvalue weighted by Gasteiger charge is 2.27. The summed E-state index contributed by atoms with van der Waals surface area (Å²) >= 11 is 0. The molecule has 1 N–H and O–H groups in total. The van der Waals surface area contributed by atoms with E-state index in [9.17, 15) is 8.42 Å². The van der Waals surface area contributed by atoms with Gasteiger partial charge in [0.1, 0.15) is 0 Å². The first-order valence-corrected chi connectivity index (χ1v) is 10.6. The molecule has 2 saturated heterocycles. The Balaban J connectivity index is 1.62. The Morgan fingerprint density at radius 1 is 1.25 bits per heavy atom. The Hall–Kier alpha value is -0.950. The van der Waals surface area contributed by atoms with Gasteiger partial charge in [-0.05, 0) is 49.9 Å². The minimum absolute atomic E-state index is 0.365. The van der Waals surface area contributed by atoms with Gasteiger partial charge < -0.3 is 15.0 Å². The standard InChI is InChI=1S/C18H28N2O3S/c1-20-12-15(14-5-7-18(8-6-14)24(2,21)22)10-16(13-20)19-11-17-4-3-9-23-17/h5-8,15-17,19H,3-4,9-13H2,1-2H3. The first-order chi connectivity index (χ1) is 11.4. The van der Waals surface area contributed by atoms with Crippen LogP contribution in [0, 0.1) is 0 Å². The van der Waals surface area contributed by atoms with Crippen molar-refractivity contribution in [3.05, 3.63) is 29.8 Å². The SMILES string of the molecule is CN1CC(NCC2CCCO2)CC(c2ccc(S(C)(=O)=O)cc2)C1. The number of ether oxygens (including phenoxy) is 1. The summed E-state index contributed by atoms with van der Waals surface area (Å²) in [5.74, 6) is 0.430. The van der Waals surface area contributed by atoms with E-state index in [0.717, 1.165) is 39.1 Å². The minimum Gasteiger partial charge on any atom is -0.377 e. The normalized spacial score (nSPS) is 29.0. The van der Waals surface area contributed by atoms with Crippen molar-refractivity contribution in [1.29, 1.82) is 0 Å². The van der Waals surface area contributed by atoms with Gasteiger partial charge in [0, 0.05) is 38.5 Å². The predicted molar refractivity (Wildman–Crippen MR) is 95.2 cm³/mol. The molecule has 2 aliphatic rings. The van der Waals surface area contributed by atoms with Gasteiger partial charge in [-0.3, -0.25) is 0 Å². The molecular weight excluding hydrogens is 324 g/mol. The quantitative estimate of drug-likeness (QED) is 0.873. The number of rotatable bonds is 5. The molecule has 0 radical (unpaired) electrons. The molecule has 1 aromatic rings.